The molecule has 2 nitrogen and oxygen atoms in total. The highest BCUT2D eigenvalue weighted by Gasteiger charge is 2.02. The van der Waals surface area contributed by atoms with Crippen LogP contribution in [-0.4, -0.2) is 10.1 Å². The minimum atomic E-state index is 0.0712. The molecule has 0 bridgehead atoms. The molecule has 0 atom stereocenters. The molecule has 0 spiro atoms. The molecule has 0 aliphatic rings. The molecule has 2 aromatic carbocycles. The molecule has 0 amide bonds. The van der Waals surface area contributed by atoms with Crippen LogP contribution in [0.15, 0.2) is 42.5 Å². The van der Waals surface area contributed by atoms with Gasteiger partial charge >= 0.3 is 0 Å². The number of rotatable bonds is 1. The Bertz CT molecular complexity index is 704. The fourth-order valence-corrected chi connectivity index (χ4v) is 2.16. The molecule has 0 saturated heterocycles. The maximum atomic E-state index is 9.13. The van der Waals surface area contributed by atoms with Crippen molar-refractivity contribution in [3.63, 3.8) is 0 Å². The van der Waals surface area contributed by atoms with Gasteiger partial charge in [0.25, 0.3) is 0 Å². The fourth-order valence-electron chi connectivity index (χ4n) is 2.16. The zero-order valence-electron chi connectivity index (χ0n) is 9.64. The standard InChI is InChI=1S/C15H13NO/c1-10-3-2-4-12-8-13-7-11(9-17)5-6-14(13)16-15(10)12/h2-8,17H,9H2,1H3. The van der Waals surface area contributed by atoms with Crippen molar-refractivity contribution < 1.29 is 5.11 Å². The van der Waals surface area contributed by atoms with Crippen molar-refractivity contribution in [2.24, 2.45) is 0 Å². The van der Waals surface area contributed by atoms with Crippen molar-refractivity contribution in [2.75, 3.05) is 0 Å². The number of benzene rings is 2. The van der Waals surface area contributed by atoms with Crippen LogP contribution in [0.2, 0.25) is 0 Å². The molecule has 3 rings (SSSR count). The molecule has 0 aliphatic heterocycles. The Balaban J connectivity index is 2.39. The third-order valence-electron chi connectivity index (χ3n) is 3.09. The van der Waals surface area contributed by atoms with Crippen molar-refractivity contribution >= 4 is 21.8 Å². The van der Waals surface area contributed by atoms with Gasteiger partial charge in [0.2, 0.25) is 0 Å². The molecular weight excluding hydrogens is 210 g/mol. The number of pyridine rings is 1. The first kappa shape index (κ1) is 10.2. The van der Waals surface area contributed by atoms with Crippen molar-refractivity contribution in [2.45, 2.75) is 13.5 Å². The summed E-state index contributed by atoms with van der Waals surface area (Å²) >= 11 is 0. The molecule has 0 fully saturated rings. The van der Waals surface area contributed by atoms with Crippen molar-refractivity contribution in [1.29, 1.82) is 0 Å². The van der Waals surface area contributed by atoms with Gasteiger partial charge in [0.1, 0.15) is 0 Å². The Kier molecular flexibility index (Phi) is 2.30. The van der Waals surface area contributed by atoms with Crippen LogP contribution in [0, 0.1) is 6.92 Å². The lowest BCUT2D eigenvalue weighted by atomic mass is 10.1. The first-order valence-electron chi connectivity index (χ1n) is 5.68. The van der Waals surface area contributed by atoms with Crippen LogP contribution >= 0.6 is 0 Å². The first-order valence-corrected chi connectivity index (χ1v) is 5.68. The molecule has 0 radical (unpaired) electrons. The SMILES string of the molecule is Cc1cccc2cc3cc(CO)ccc3nc12. The van der Waals surface area contributed by atoms with Gasteiger partial charge in [-0.2, -0.15) is 0 Å². The Morgan fingerprint density at radius 1 is 1.06 bits per heavy atom. The highest BCUT2D eigenvalue weighted by Crippen LogP contribution is 2.22. The van der Waals surface area contributed by atoms with Crippen LogP contribution in [0.1, 0.15) is 11.1 Å². The van der Waals surface area contributed by atoms with Gasteiger partial charge in [-0.15, -0.1) is 0 Å². The smallest absolute Gasteiger partial charge is 0.0738 e. The van der Waals surface area contributed by atoms with E-state index in [0.29, 0.717) is 0 Å². The zero-order valence-corrected chi connectivity index (χ0v) is 9.64. The van der Waals surface area contributed by atoms with E-state index in [0.717, 1.165) is 27.4 Å². The summed E-state index contributed by atoms with van der Waals surface area (Å²) in [7, 11) is 0. The lowest BCUT2D eigenvalue weighted by Crippen LogP contribution is -1.88. The molecular formula is C15H13NO. The number of aliphatic hydroxyl groups is 1. The van der Waals surface area contributed by atoms with Gasteiger partial charge in [0, 0.05) is 10.8 Å². The van der Waals surface area contributed by atoms with E-state index in [-0.39, 0.29) is 6.61 Å². The van der Waals surface area contributed by atoms with E-state index in [1.54, 1.807) is 0 Å². The third kappa shape index (κ3) is 1.67. The number of para-hydroxylation sites is 1. The quantitative estimate of drug-likeness (QED) is 0.643. The first-order chi connectivity index (χ1) is 8.28. The summed E-state index contributed by atoms with van der Waals surface area (Å²) in [6, 6.07) is 14.2. The second-order valence-electron chi connectivity index (χ2n) is 4.32. The Labute approximate surface area is 99.5 Å². The molecule has 1 N–H and O–H groups in total. The average Bonchev–Trinajstić information content (AvgIpc) is 2.36. The summed E-state index contributed by atoms with van der Waals surface area (Å²) in [5.41, 5.74) is 4.14. The molecule has 2 heteroatoms. The predicted molar refractivity (Wildman–Crippen MR) is 69.9 cm³/mol. The molecule has 3 aromatic rings. The number of hydrogen-bond donors (Lipinski definition) is 1. The van der Waals surface area contributed by atoms with Gasteiger partial charge in [-0.1, -0.05) is 24.3 Å². The number of fused-ring (bicyclic) bond motifs is 2. The third-order valence-corrected chi connectivity index (χ3v) is 3.09. The van der Waals surface area contributed by atoms with Gasteiger partial charge in [-0.25, -0.2) is 4.98 Å². The Hall–Kier alpha value is -1.93. The van der Waals surface area contributed by atoms with E-state index >= 15 is 0 Å². The van der Waals surface area contributed by atoms with Gasteiger partial charge in [0.15, 0.2) is 0 Å². The summed E-state index contributed by atoms with van der Waals surface area (Å²) in [5, 5.41) is 11.4. The maximum absolute atomic E-state index is 9.13. The van der Waals surface area contributed by atoms with Gasteiger partial charge in [-0.05, 0) is 36.2 Å². The topological polar surface area (TPSA) is 33.1 Å². The zero-order chi connectivity index (χ0) is 11.8. The summed E-state index contributed by atoms with van der Waals surface area (Å²) in [5.74, 6) is 0. The lowest BCUT2D eigenvalue weighted by Gasteiger charge is -2.05. The second-order valence-corrected chi connectivity index (χ2v) is 4.32. The highest BCUT2D eigenvalue weighted by atomic mass is 16.3. The number of nitrogens with zero attached hydrogens (tertiary/aromatic N) is 1. The van der Waals surface area contributed by atoms with Crippen LogP contribution in [0.3, 0.4) is 0 Å². The van der Waals surface area contributed by atoms with E-state index in [1.165, 1.54) is 5.56 Å². The largest absolute Gasteiger partial charge is 0.392 e. The van der Waals surface area contributed by atoms with E-state index in [2.05, 4.69) is 30.1 Å². The van der Waals surface area contributed by atoms with E-state index in [1.807, 2.05) is 24.3 Å². The molecule has 0 unspecified atom stereocenters. The molecule has 0 aliphatic carbocycles. The van der Waals surface area contributed by atoms with E-state index < -0.39 is 0 Å². The van der Waals surface area contributed by atoms with Gasteiger partial charge in [0.05, 0.1) is 17.6 Å². The average molecular weight is 223 g/mol. The van der Waals surface area contributed by atoms with Crippen molar-refractivity contribution in [3.8, 4) is 0 Å². The van der Waals surface area contributed by atoms with Crippen LogP contribution in [-0.2, 0) is 6.61 Å². The number of hydrogen-bond acceptors (Lipinski definition) is 2. The minimum absolute atomic E-state index is 0.0712. The van der Waals surface area contributed by atoms with Crippen molar-refractivity contribution in [3.05, 3.63) is 53.6 Å². The Morgan fingerprint density at radius 3 is 2.76 bits per heavy atom. The van der Waals surface area contributed by atoms with Crippen molar-refractivity contribution in [1.82, 2.24) is 4.98 Å². The van der Waals surface area contributed by atoms with Crippen LogP contribution in [0.4, 0.5) is 0 Å². The summed E-state index contributed by atoms with van der Waals surface area (Å²) in [6.07, 6.45) is 0. The van der Waals surface area contributed by atoms with E-state index in [4.69, 9.17) is 5.11 Å². The van der Waals surface area contributed by atoms with Crippen LogP contribution in [0.25, 0.3) is 21.8 Å². The van der Waals surface area contributed by atoms with Gasteiger partial charge in [-0.3, -0.25) is 0 Å². The molecule has 17 heavy (non-hydrogen) atoms. The van der Waals surface area contributed by atoms with Gasteiger partial charge < -0.3 is 5.11 Å². The number of aryl methyl sites for hydroxylation is 1. The normalized spacial score (nSPS) is 11.2. The van der Waals surface area contributed by atoms with Crippen LogP contribution in [0.5, 0.6) is 0 Å². The van der Waals surface area contributed by atoms with E-state index in [9.17, 15) is 0 Å². The predicted octanol–water partition coefficient (Wildman–Crippen LogP) is 3.19. The summed E-state index contributed by atoms with van der Waals surface area (Å²) in [6.45, 7) is 2.14. The molecule has 1 aromatic heterocycles. The maximum Gasteiger partial charge on any atom is 0.0738 e. The second kappa shape index (κ2) is 3.82. The monoisotopic (exact) mass is 223 g/mol. The summed E-state index contributed by atoms with van der Waals surface area (Å²) < 4.78 is 0. The lowest BCUT2D eigenvalue weighted by molar-refractivity contribution is 0.282. The highest BCUT2D eigenvalue weighted by molar-refractivity contribution is 5.94. The molecule has 0 saturated carbocycles. The van der Waals surface area contributed by atoms with Crippen LogP contribution < -0.4 is 0 Å². The molecule has 1 heterocycles. The number of aliphatic hydroxyl groups excluding tert-OH is 1. The minimum Gasteiger partial charge on any atom is -0.392 e. The summed E-state index contributed by atoms with van der Waals surface area (Å²) in [4.78, 5) is 4.67. The Morgan fingerprint density at radius 2 is 1.94 bits per heavy atom. The fraction of sp³-hybridized carbons (Fsp3) is 0.133. The molecule has 84 valence electrons. The number of aromatic nitrogens is 1.